The van der Waals surface area contributed by atoms with Gasteiger partial charge < -0.3 is 10.1 Å². The Bertz CT molecular complexity index is 925. The lowest BCUT2D eigenvalue weighted by Gasteiger charge is -2.10. The number of benzene rings is 1. The molecule has 0 spiro atoms. The zero-order chi connectivity index (χ0) is 20.0. The van der Waals surface area contributed by atoms with Crippen LogP contribution < -0.4 is 5.32 Å². The molecule has 27 heavy (non-hydrogen) atoms. The van der Waals surface area contributed by atoms with Crippen LogP contribution in [-0.4, -0.2) is 29.2 Å². The molecule has 0 aliphatic rings. The summed E-state index contributed by atoms with van der Waals surface area (Å²) in [6.07, 6.45) is 0. The lowest BCUT2D eigenvalue weighted by molar-refractivity contribution is -0.113. The second-order valence-corrected chi connectivity index (χ2v) is 6.57. The van der Waals surface area contributed by atoms with Crippen LogP contribution in [0.1, 0.15) is 34.1 Å². The van der Waals surface area contributed by atoms with E-state index in [0.29, 0.717) is 16.4 Å². The molecule has 0 saturated heterocycles. The number of hydrogen-bond donors (Lipinski definition) is 1. The van der Waals surface area contributed by atoms with Gasteiger partial charge in [0.05, 0.1) is 29.2 Å². The van der Waals surface area contributed by atoms with Crippen molar-refractivity contribution in [2.75, 3.05) is 17.7 Å². The fourth-order valence-corrected chi connectivity index (χ4v) is 3.04. The van der Waals surface area contributed by atoms with E-state index < -0.39 is 11.8 Å². The third-order valence-electron chi connectivity index (χ3n) is 3.61. The van der Waals surface area contributed by atoms with E-state index >= 15 is 0 Å². The predicted octanol–water partition coefficient (Wildman–Crippen LogP) is 3.62. The number of nitrogens with zero attached hydrogens (tertiary/aromatic N) is 2. The molecule has 0 aliphatic heterocycles. The van der Waals surface area contributed by atoms with Crippen LogP contribution in [0.25, 0.3) is 0 Å². The van der Waals surface area contributed by atoms with E-state index in [4.69, 9.17) is 4.74 Å². The predicted molar refractivity (Wildman–Crippen MR) is 100 cm³/mol. The number of hydrogen-bond acceptors (Lipinski definition) is 6. The summed E-state index contributed by atoms with van der Waals surface area (Å²) in [5.41, 5.74) is 1.94. The Hall–Kier alpha value is -2.92. The molecular formula is C19H18FN3O3S. The Labute approximate surface area is 160 Å². The Morgan fingerprint density at radius 1 is 1.33 bits per heavy atom. The Balaban J connectivity index is 2.12. The zero-order valence-corrected chi connectivity index (χ0v) is 15.9. The summed E-state index contributed by atoms with van der Waals surface area (Å²) in [5, 5.41) is 12.3. The highest BCUT2D eigenvalue weighted by atomic mass is 32.2. The summed E-state index contributed by atoms with van der Waals surface area (Å²) in [5.74, 6) is -1.36. The molecule has 0 radical (unpaired) electrons. The molecule has 1 amide bonds. The molecule has 1 N–H and O–H groups in total. The lowest BCUT2D eigenvalue weighted by Crippen LogP contribution is -2.15. The first kappa shape index (κ1) is 20.4. The normalized spacial score (nSPS) is 10.2. The van der Waals surface area contributed by atoms with Crippen molar-refractivity contribution in [2.45, 2.75) is 25.8 Å². The van der Waals surface area contributed by atoms with Crippen LogP contribution in [0, 0.1) is 31.0 Å². The second kappa shape index (κ2) is 9.14. The number of esters is 1. The van der Waals surface area contributed by atoms with Gasteiger partial charge in [0, 0.05) is 5.69 Å². The molecule has 0 fully saturated rings. The first-order valence-electron chi connectivity index (χ1n) is 8.13. The van der Waals surface area contributed by atoms with Gasteiger partial charge in [0.15, 0.2) is 0 Å². The topological polar surface area (TPSA) is 92.1 Å². The summed E-state index contributed by atoms with van der Waals surface area (Å²) >= 11 is 1.07. The number of halogens is 1. The van der Waals surface area contributed by atoms with Gasteiger partial charge in [0.1, 0.15) is 16.9 Å². The number of nitriles is 1. The highest BCUT2D eigenvalue weighted by molar-refractivity contribution is 8.00. The largest absolute Gasteiger partial charge is 0.462 e. The number of ether oxygens (including phenoxy) is 1. The van der Waals surface area contributed by atoms with Gasteiger partial charge in [0.25, 0.3) is 0 Å². The molecule has 0 saturated carbocycles. The van der Waals surface area contributed by atoms with E-state index in [9.17, 15) is 19.2 Å². The van der Waals surface area contributed by atoms with Crippen LogP contribution in [0.15, 0.2) is 29.3 Å². The first-order valence-corrected chi connectivity index (χ1v) is 9.12. The average molecular weight is 387 g/mol. The molecular weight excluding hydrogens is 369 g/mol. The minimum absolute atomic E-state index is 0.0180. The first-order chi connectivity index (χ1) is 12.8. The third-order valence-corrected chi connectivity index (χ3v) is 4.60. The van der Waals surface area contributed by atoms with Crippen molar-refractivity contribution in [3.63, 3.8) is 0 Å². The average Bonchev–Trinajstić information content (AvgIpc) is 2.63. The van der Waals surface area contributed by atoms with Gasteiger partial charge in [-0.05, 0) is 44.5 Å². The van der Waals surface area contributed by atoms with Gasteiger partial charge in [-0.3, -0.25) is 4.79 Å². The number of nitrogens with one attached hydrogen (secondary N) is 1. The van der Waals surface area contributed by atoms with Gasteiger partial charge in [-0.15, -0.1) is 0 Å². The molecule has 1 aromatic carbocycles. The maximum Gasteiger partial charge on any atom is 0.340 e. The van der Waals surface area contributed by atoms with Crippen molar-refractivity contribution in [2.24, 2.45) is 0 Å². The number of rotatable bonds is 6. The molecule has 0 atom stereocenters. The van der Waals surface area contributed by atoms with Gasteiger partial charge in [-0.1, -0.05) is 17.8 Å². The van der Waals surface area contributed by atoms with Gasteiger partial charge in [-0.25, -0.2) is 14.2 Å². The smallest absolute Gasteiger partial charge is 0.340 e. The number of carbonyl (C=O) groups is 2. The van der Waals surface area contributed by atoms with E-state index in [1.807, 2.05) is 6.07 Å². The molecule has 0 unspecified atom stereocenters. The number of aromatic nitrogens is 1. The van der Waals surface area contributed by atoms with Crippen molar-refractivity contribution in [1.82, 2.24) is 4.98 Å². The quantitative estimate of drug-likeness (QED) is 0.601. The molecule has 1 aromatic heterocycles. The molecule has 2 aromatic rings. The molecule has 0 aliphatic carbocycles. The highest BCUT2D eigenvalue weighted by Crippen LogP contribution is 2.24. The summed E-state index contributed by atoms with van der Waals surface area (Å²) < 4.78 is 18.3. The van der Waals surface area contributed by atoms with E-state index in [1.165, 1.54) is 18.2 Å². The van der Waals surface area contributed by atoms with Gasteiger partial charge in [-0.2, -0.15) is 5.26 Å². The van der Waals surface area contributed by atoms with Crippen molar-refractivity contribution < 1.29 is 18.7 Å². The second-order valence-electron chi connectivity index (χ2n) is 5.60. The van der Waals surface area contributed by atoms with Crippen LogP contribution in [0.3, 0.4) is 0 Å². The van der Waals surface area contributed by atoms with E-state index in [-0.39, 0.29) is 29.4 Å². The molecule has 0 bridgehead atoms. The van der Waals surface area contributed by atoms with Crippen molar-refractivity contribution in [3.05, 3.63) is 52.5 Å². The standard InChI is InChI=1S/C19H18FN3O3S/c1-4-26-19(25)15-7-13(9-21)18(22-12(15)3)27-10-17(24)23-16-8-14(20)6-5-11(16)2/h5-8H,4,10H2,1-3H3,(H,23,24). The number of pyridine rings is 1. The summed E-state index contributed by atoms with van der Waals surface area (Å²) in [6.45, 7) is 5.30. The lowest BCUT2D eigenvalue weighted by atomic mass is 10.1. The van der Waals surface area contributed by atoms with Crippen LogP contribution in [-0.2, 0) is 9.53 Å². The number of carbonyl (C=O) groups excluding carboxylic acids is 2. The number of anilines is 1. The molecule has 8 heteroatoms. The molecule has 140 valence electrons. The molecule has 1 heterocycles. The Morgan fingerprint density at radius 2 is 2.07 bits per heavy atom. The maximum atomic E-state index is 13.3. The monoisotopic (exact) mass is 387 g/mol. The van der Waals surface area contributed by atoms with E-state index in [2.05, 4.69) is 10.3 Å². The van der Waals surface area contributed by atoms with Crippen LogP contribution in [0.5, 0.6) is 0 Å². The summed E-state index contributed by atoms with van der Waals surface area (Å²) in [6, 6.07) is 7.53. The minimum atomic E-state index is -0.546. The van der Waals surface area contributed by atoms with Crippen molar-refractivity contribution >= 4 is 29.3 Å². The van der Waals surface area contributed by atoms with Crippen LogP contribution in [0.2, 0.25) is 0 Å². The summed E-state index contributed by atoms with van der Waals surface area (Å²) in [7, 11) is 0. The number of aryl methyl sites for hydroxylation is 2. The Kier molecular flexibility index (Phi) is 6.91. The van der Waals surface area contributed by atoms with Crippen LogP contribution in [0.4, 0.5) is 10.1 Å². The van der Waals surface area contributed by atoms with E-state index in [1.54, 1.807) is 26.8 Å². The fourth-order valence-electron chi connectivity index (χ4n) is 2.24. The third kappa shape index (κ3) is 5.28. The molecule has 6 nitrogen and oxygen atoms in total. The SMILES string of the molecule is CCOC(=O)c1cc(C#N)c(SCC(=O)Nc2cc(F)ccc2C)nc1C. The fraction of sp³-hybridized carbons (Fsp3) is 0.263. The highest BCUT2D eigenvalue weighted by Gasteiger charge is 2.17. The zero-order valence-electron chi connectivity index (χ0n) is 15.1. The van der Waals surface area contributed by atoms with Crippen LogP contribution >= 0.6 is 11.8 Å². The maximum absolute atomic E-state index is 13.3. The number of amides is 1. The number of thioether (sulfide) groups is 1. The molecule has 2 rings (SSSR count). The minimum Gasteiger partial charge on any atom is -0.462 e. The van der Waals surface area contributed by atoms with Crippen molar-refractivity contribution in [3.8, 4) is 6.07 Å². The van der Waals surface area contributed by atoms with E-state index in [0.717, 1.165) is 17.3 Å². The van der Waals surface area contributed by atoms with Crippen molar-refractivity contribution in [1.29, 1.82) is 5.26 Å². The van der Waals surface area contributed by atoms with Gasteiger partial charge in [0.2, 0.25) is 5.91 Å². The Morgan fingerprint density at radius 3 is 2.74 bits per heavy atom. The summed E-state index contributed by atoms with van der Waals surface area (Å²) in [4.78, 5) is 28.3. The van der Waals surface area contributed by atoms with Gasteiger partial charge >= 0.3 is 5.97 Å².